The topological polar surface area (TPSA) is 49.6 Å². The summed E-state index contributed by atoms with van der Waals surface area (Å²) in [5.41, 5.74) is 6.46. The minimum absolute atomic E-state index is 0.772. The number of nitriles is 1. The summed E-state index contributed by atoms with van der Waals surface area (Å²) >= 11 is 0. The highest BCUT2D eigenvalue weighted by Crippen LogP contribution is 2.34. The van der Waals surface area contributed by atoms with Gasteiger partial charge in [-0.2, -0.15) is 5.26 Å². The molecular weight excluding hydrogens is 270 g/mol. The van der Waals surface area contributed by atoms with Crippen molar-refractivity contribution in [2.45, 2.75) is 51.9 Å². The van der Waals surface area contributed by atoms with Gasteiger partial charge in [-0.3, -0.25) is 9.97 Å². The Bertz CT molecular complexity index is 699. The molecule has 3 nitrogen and oxygen atoms in total. The molecule has 0 amide bonds. The van der Waals surface area contributed by atoms with Crippen molar-refractivity contribution >= 4 is 0 Å². The highest BCUT2D eigenvalue weighted by Gasteiger charge is 2.21. The number of hydrogen-bond acceptors (Lipinski definition) is 3. The Kier molecular flexibility index (Phi) is 4.48. The number of hydrogen-bond donors (Lipinski definition) is 0. The Morgan fingerprint density at radius 1 is 1.14 bits per heavy atom. The lowest BCUT2D eigenvalue weighted by atomic mass is 9.90. The van der Waals surface area contributed by atoms with Crippen molar-refractivity contribution in [3.05, 3.63) is 47.0 Å². The van der Waals surface area contributed by atoms with E-state index in [0.29, 0.717) is 0 Å². The minimum Gasteiger partial charge on any atom is -0.265 e. The van der Waals surface area contributed by atoms with E-state index in [1.165, 1.54) is 30.5 Å². The van der Waals surface area contributed by atoms with Gasteiger partial charge in [0, 0.05) is 23.7 Å². The average molecular weight is 291 g/mol. The molecule has 0 N–H and O–H groups in total. The molecule has 1 aliphatic rings. The van der Waals surface area contributed by atoms with Gasteiger partial charge >= 0.3 is 0 Å². The molecule has 3 rings (SSSR count). The van der Waals surface area contributed by atoms with Gasteiger partial charge in [-0.05, 0) is 55.4 Å². The predicted octanol–water partition coefficient (Wildman–Crippen LogP) is 4.24. The fourth-order valence-corrected chi connectivity index (χ4v) is 3.35. The molecule has 0 fully saturated rings. The Morgan fingerprint density at radius 3 is 2.64 bits per heavy atom. The molecule has 0 saturated heterocycles. The number of nitrogens with zero attached hydrogens (tertiary/aromatic N) is 3. The zero-order valence-corrected chi connectivity index (χ0v) is 13.1. The van der Waals surface area contributed by atoms with E-state index < -0.39 is 0 Å². The Morgan fingerprint density at radius 2 is 1.91 bits per heavy atom. The van der Waals surface area contributed by atoms with Crippen LogP contribution in [0.2, 0.25) is 0 Å². The molecule has 2 heterocycles. The number of pyridine rings is 2. The van der Waals surface area contributed by atoms with Crippen LogP contribution in [-0.2, 0) is 19.3 Å². The lowest BCUT2D eigenvalue weighted by Gasteiger charge is -2.17. The van der Waals surface area contributed by atoms with Crippen LogP contribution in [-0.4, -0.2) is 9.97 Å². The second-order valence-corrected chi connectivity index (χ2v) is 5.89. The predicted molar refractivity (Wildman–Crippen MR) is 87.4 cm³/mol. The van der Waals surface area contributed by atoms with Gasteiger partial charge in [0.1, 0.15) is 6.07 Å². The lowest BCUT2D eigenvalue weighted by Crippen LogP contribution is -2.07. The van der Waals surface area contributed by atoms with Crippen LogP contribution in [0.25, 0.3) is 11.1 Å². The van der Waals surface area contributed by atoms with Gasteiger partial charge in [0.2, 0.25) is 0 Å². The zero-order chi connectivity index (χ0) is 15.4. The van der Waals surface area contributed by atoms with Gasteiger partial charge in [0.15, 0.2) is 0 Å². The summed E-state index contributed by atoms with van der Waals surface area (Å²) in [5.74, 6) is 0. The summed E-state index contributed by atoms with van der Waals surface area (Å²) in [7, 11) is 0. The van der Waals surface area contributed by atoms with Crippen LogP contribution in [0.4, 0.5) is 0 Å². The molecule has 112 valence electrons. The first-order valence-corrected chi connectivity index (χ1v) is 8.20. The first kappa shape index (κ1) is 14.7. The van der Waals surface area contributed by atoms with E-state index >= 15 is 0 Å². The lowest BCUT2D eigenvalue weighted by molar-refractivity contribution is 0.707. The van der Waals surface area contributed by atoms with Crippen molar-refractivity contribution in [3.63, 3.8) is 0 Å². The van der Waals surface area contributed by atoms with Crippen molar-refractivity contribution < 1.29 is 0 Å². The third-order valence-electron chi connectivity index (χ3n) is 4.37. The summed E-state index contributed by atoms with van der Waals surface area (Å²) in [5, 5.41) is 9.75. The molecule has 0 spiro atoms. The molecule has 0 bridgehead atoms. The van der Waals surface area contributed by atoms with E-state index in [4.69, 9.17) is 4.98 Å². The molecule has 2 aromatic heterocycles. The second kappa shape index (κ2) is 6.70. The van der Waals surface area contributed by atoms with Gasteiger partial charge in [-0.1, -0.05) is 19.8 Å². The summed E-state index contributed by atoms with van der Waals surface area (Å²) < 4.78 is 0. The van der Waals surface area contributed by atoms with Crippen molar-refractivity contribution in [1.82, 2.24) is 9.97 Å². The molecule has 0 unspecified atom stereocenters. The first-order valence-electron chi connectivity index (χ1n) is 8.20. The van der Waals surface area contributed by atoms with Crippen LogP contribution in [0.15, 0.2) is 24.5 Å². The van der Waals surface area contributed by atoms with Crippen molar-refractivity contribution in [2.24, 2.45) is 0 Å². The fraction of sp³-hybridized carbons (Fsp3) is 0.421. The maximum Gasteiger partial charge on any atom is 0.102 e. The number of fused-ring (bicyclic) bond motifs is 1. The number of rotatable bonds is 3. The van der Waals surface area contributed by atoms with Crippen molar-refractivity contribution in [3.8, 4) is 17.2 Å². The molecule has 0 aromatic carbocycles. The molecule has 3 heteroatoms. The van der Waals surface area contributed by atoms with Gasteiger partial charge in [0.25, 0.3) is 0 Å². The number of aryl methyl sites for hydroxylation is 2. The minimum atomic E-state index is 0.772. The smallest absolute Gasteiger partial charge is 0.102 e. The van der Waals surface area contributed by atoms with Crippen LogP contribution in [0.3, 0.4) is 0 Å². The summed E-state index contributed by atoms with van der Waals surface area (Å²) in [6.07, 6.45) is 11.2. The maximum atomic E-state index is 9.75. The standard InChI is InChI=1S/C19H21N3/c1-2-6-17-16(13-20)19(14-9-11-21-12-10-14)15-7-4-3-5-8-18(15)22-17/h9-12H,2-8H2,1H3. The van der Waals surface area contributed by atoms with Crippen molar-refractivity contribution in [1.29, 1.82) is 5.26 Å². The Balaban J connectivity index is 2.28. The van der Waals surface area contributed by atoms with Crippen molar-refractivity contribution in [2.75, 3.05) is 0 Å². The third-order valence-corrected chi connectivity index (χ3v) is 4.37. The van der Waals surface area contributed by atoms with E-state index in [1.807, 2.05) is 12.1 Å². The van der Waals surface area contributed by atoms with Crippen LogP contribution in [0, 0.1) is 11.3 Å². The van der Waals surface area contributed by atoms with E-state index in [-0.39, 0.29) is 0 Å². The molecule has 2 aromatic rings. The fourth-order valence-electron chi connectivity index (χ4n) is 3.35. The molecular formula is C19H21N3. The summed E-state index contributed by atoms with van der Waals surface area (Å²) in [6, 6.07) is 6.46. The van der Waals surface area contributed by atoms with Gasteiger partial charge < -0.3 is 0 Å². The second-order valence-electron chi connectivity index (χ2n) is 5.89. The van der Waals surface area contributed by atoms with Crippen LogP contribution >= 0.6 is 0 Å². The van der Waals surface area contributed by atoms with Gasteiger partial charge in [-0.25, -0.2) is 0 Å². The summed E-state index contributed by atoms with van der Waals surface area (Å²) in [6.45, 7) is 2.14. The van der Waals surface area contributed by atoms with E-state index in [2.05, 4.69) is 18.0 Å². The van der Waals surface area contributed by atoms with Crippen LogP contribution < -0.4 is 0 Å². The van der Waals surface area contributed by atoms with E-state index in [1.54, 1.807) is 12.4 Å². The SMILES string of the molecule is CCCc1nc2c(c(-c3ccncc3)c1C#N)CCCCC2. The van der Waals surface area contributed by atoms with Gasteiger partial charge in [-0.15, -0.1) is 0 Å². The third kappa shape index (κ3) is 2.74. The Hall–Kier alpha value is -2.21. The van der Waals surface area contributed by atoms with E-state index in [0.717, 1.165) is 48.1 Å². The largest absolute Gasteiger partial charge is 0.265 e. The molecule has 0 saturated carbocycles. The Labute approximate surface area is 132 Å². The van der Waals surface area contributed by atoms with Crippen LogP contribution in [0.5, 0.6) is 0 Å². The first-order chi connectivity index (χ1) is 10.8. The molecule has 0 atom stereocenters. The molecule has 1 aliphatic carbocycles. The monoisotopic (exact) mass is 291 g/mol. The quantitative estimate of drug-likeness (QED) is 0.795. The average Bonchev–Trinajstić information content (AvgIpc) is 2.80. The molecule has 0 aliphatic heterocycles. The van der Waals surface area contributed by atoms with Crippen LogP contribution in [0.1, 0.15) is 55.1 Å². The van der Waals surface area contributed by atoms with Gasteiger partial charge in [0.05, 0.1) is 11.3 Å². The zero-order valence-electron chi connectivity index (χ0n) is 13.1. The number of aromatic nitrogens is 2. The molecule has 22 heavy (non-hydrogen) atoms. The maximum absolute atomic E-state index is 9.75. The van der Waals surface area contributed by atoms with E-state index in [9.17, 15) is 5.26 Å². The highest BCUT2D eigenvalue weighted by molar-refractivity contribution is 5.75. The normalized spacial score (nSPS) is 14.0. The highest BCUT2D eigenvalue weighted by atomic mass is 14.7. The molecule has 0 radical (unpaired) electrons. The summed E-state index contributed by atoms with van der Waals surface area (Å²) in [4.78, 5) is 9.00.